The number of nitrogens with one attached hydrogen (secondary N) is 1. The van der Waals surface area contributed by atoms with Crippen molar-refractivity contribution in [2.45, 2.75) is 13.0 Å². The number of aromatic nitrogens is 2. The smallest absolute Gasteiger partial charge is 0.347 e. The highest BCUT2D eigenvalue weighted by Crippen LogP contribution is 2.26. The molecule has 0 radical (unpaired) electrons. The van der Waals surface area contributed by atoms with Crippen LogP contribution in [-0.2, 0) is 17.8 Å². The first-order valence-corrected chi connectivity index (χ1v) is 7.21. The quantitative estimate of drug-likeness (QED) is 0.898. The molecule has 0 spiro atoms. The van der Waals surface area contributed by atoms with Gasteiger partial charge in [0.2, 0.25) is 5.91 Å². The number of hydrogen-bond acceptors (Lipinski definition) is 4. The van der Waals surface area contributed by atoms with E-state index in [1.165, 1.54) is 10.8 Å². The second-order valence-corrected chi connectivity index (χ2v) is 5.32. The van der Waals surface area contributed by atoms with Crippen LogP contribution in [-0.4, -0.2) is 28.6 Å². The molecule has 6 nitrogen and oxygen atoms in total. The summed E-state index contributed by atoms with van der Waals surface area (Å²) in [6, 6.07) is 9.56. The average molecular weight is 299 g/mol. The summed E-state index contributed by atoms with van der Waals surface area (Å²) < 4.78 is 6.97. The molecule has 22 heavy (non-hydrogen) atoms. The van der Waals surface area contributed by atoms with Gasteiger partial charge in [-0.05, 0) is 24.1 Å². The van der Waals surface area contributed by atoms with Crippen LogP contribution in [0.15, 0.2) is 47.5 Å². The lowest BCUT2D eigenvalue weighted by Crippen LogP contribution is -2.38. The Morgan fingerprint density at radius 1 is 1.36 bits per heavy atom. The Morgan fingerprint density at radius 3 is 3.09 bits per heavy atom. The molecular formula is C16H17N3O3. The van der Waals surface area contributed by atoms with E-state index in [9.17, 15) is 9.59 Å². The number of para-hydroxylation sites is 1. The topological polar surface area (TPSA) is 73.2 Å². The number of benzene rings is 1. The predicted octanol–water partition coefficient (Wildman–Crippen LogP) is 0.611. The number of carbonyl (C=O) groups excluding carboxylic acids is 1. The number of rotatable bonds is 4. The number of ether oxygens (including phenoxy) is 1. The summed E-state index contributed by atoms with van der Waals surface area (Å²) in [5, 5.41) is 2.85. The van der Waals surface area contributed by atoms with Crippen LogP contribution in [0, 0.1) is 5.92 Å². The van der Waals surface area contributed by atoms with Gasteiger partial charge in [-0.25, -0.2) is 9.78 Å². The SMILES string of the molecule is O=C(Cn1cccnc1=O)NC[C@H]1COc2ccccc2C1. The molecule has 1 aliphatic rings. The van der Waals surface area contributed by atoms with Gasteiger partial charge in [0, 0.05) is 24.9 Å². The van der Waals surface area contributed by atoms with Crippen molar-refractivity contribution < 1.29 is 9.53 Å². The molecule has 0 bridgehead atoms. The summed E-state index contributed by atoms with van der Waals surface area (Å²) in [4.78, 5) is 27.0. The maximum atomic E-state index is 11.9. The predicted molar refractivity (Wildman–Crippen MR) is 80.6 cm³/mol. The van der Waals surface area contributed by atoms with E-state index in [0.717, 1.165) is 17.7 Å². The molecule has 2 heterocycles. The molecule has 1 atom stereocenters. The fourth-order valence-electron chi connectivity index (χ4n) is 2.50. The van der Waals surface area contributed by atoms with E-state index in [-0.39, 0.29) is 18.4 Å². The van der Waals surface area contributed by atoms with Crippen LogP contribution in [0.25, 0.3) is 0 Å². The van der Waals surface area contributed by atoms with E-state index < -0.39 is 5.69 Å². The van der Waals surface area contributed by atoms with E-state index in [1.807, 2.05) is 24.3 Å². The Balaban J connectivity index is 1.52. The van der Waals surface area contributed by atoms with Crippen molar-refractivity contribution in [2.24, 2.45) is 5.92 Å². The van der Waals surface area contributed by atoms with E-state index >= 15 is 0 Å². The van der Waals surface area contributed by atoms with Gasteiger partial charge in [0.25, 0.3) is 0 Å². The molecular weight excluding hydrogens is 282 g/mol. The molecule has 0 unspecified atom stereocenters. The highest BCUT2D eigenvalue weighted by atomic mass is 16.5. The second kappa shape index (κ2) is 6.43. The summed E-state index contributed by atoms with van der Waals surface area (Å²) in [6.07, 6.45) is 3.84. The van der Waals surface area contributed by atoms with Gasteiger partial charge in [0.05, 0.1) is 6.61 Å². The molecule has 1 aromatic heterocycles. The summed E-state index contributed by atoms with van der Waals surface area (Å²) >= 11 is 0. The molecule has 1 aromatic carbocycles. The van der Waals surface area contributed by atoms with E-state index in [2.05, 4.69) is 10.3 Å². The van der Waals surface area contributed by atoms with E-state index in [0.29, 0.717) is 13.2 Å². The maximum absolute atomic E-state index is 11.9. The Labute approximate surface area is 127 Å². The molecule has 0 fully saturated rings. The first-order valence-electron chi connectivity index (χ1n) is 7.21. The maximum Gasteiger partial charge on any atom is 0.347 e. The third-order valence-corrected chi connectivity index (χ3v) is 3.64. The van der Waals surface area contributed by atoms with Gasteiger partial charge in [0.1, 0.15) is 12.3 Å². The number of hydrogen-bond donors (Lipinski definition) is 1. The molecule has 1 amide bonds. The molecule has 2 aromatic rings. The summed E-state index contributed by atoms with van der Waals surface area (Å²) in [5.74, 6) is 0.963. The molecule has 1 aliphatic heterocycles. The minimum atomic E-state index is -0.424. The first-order chi connectivity index (χ1) is 10.7. The van der Waals surface area contributed by atoms with Gasteiger partial charge in [0.15, 0.2) is 0 Å². The zero-order chi connectivity index (χ0) is 15.4. The first kappa shape index (κ1) is 14.3. The van der Waals surface area contributed by atoms with Crippen LogP contribution < -0.4 is 15.7 Å². The standard InChI is InChI=1S/C16H17N3O3/c20-15(10-19-7-3-6-17-16(19)21)18-9-12-8-13-4-1-2-5-14(13)22-11-12/h1-7,12H,8-11H2,(H,18,20)/t12-/m0/s1. The van der Waals surface area contributed by atoms with E-state index in [4.69, 9.17) is 4.74 Å². The fourth-order valence-corrected chi connectivity index (χ4v) is 2.50. The highest BCUT2D eigenvalue weighted by molar-refractivity contribution is 5.75. The third kappa shape index (κ3) is 3.33. The Hall–Kier alpha value is -2.63. The van der Waals surface area contributed by atoms with Gasteiger partial charge < -0.3 is 10.1 Å². The molecule has 1 N–H and O–H groups in total. The number of fused-ring (bicyclic) bond motifs is 1. The summed E-state index contributed by atoms with van der Waals surface area (Å²) in [6.45, 7) is 1.10. The minimum absolute atomic E-state index is 0.0170. The zero-order valence-electron chi connectivity index (χ0n) is 12.1. The van der Waals surface area contributed by atoms with E-state index in [1.54, 1.807) is 12.3 Å². The lowest BCUT2D eigenvalue weighted by molar-refractivity contribution is -0.122. The van der Waals surface area contributed by atoms with Crippen LogP contribution in [0.1, 0.15) is 5.56 Å². The Bertz CT molecular complexity index is 726. The molecule has 0 saturated carbocycles. The van der Waals surface area contributed by atoms with Crippen molar-refractivity contribution in [3.8, 4) is 5.75 Å². The number of carbonyl (C=O) groups is 1. The number of amides is 1. The van der Waals surface area contributed by atoms with Gasteiger partial charge >= 0.3 is 5.69 Å². The van der Waals surface area contributed by atoms with Crippen molar-refractivity contribution in [3.05, 3.63) is 58.8 Å². The molecule has 0 aliphatic carbocycles. The van der Waals surface area contributed by atoms with Crippen LogP contribution >= 0.6 is 0 Å². The van der Waals surface area contributed by atoms with Gasteiger partial charge in [-0.15, -0.1) is 0 Å². The van der Waals surface area contributed by atoms with Crippen molar-refractivity contribution in [3.63, 3.8) is 0 Å². The highest BCUT2D eigenvalue weighted by Gasteiger charge is 2.19. The van der Waals surface area contributed by atoms with Crippen LogP contribution in [0.4, 0.5) is 0 Å². The normalized spacial score (nSPS) is 16.5. The molecule has 0 saturated heterocycles. The number of nitrogens with zero attached hydrogens (tertiary/aromatic N) is 2. The monoisotopic (exact) mass is 299 g/mol. The third-order valence-electron chi connectivity index (χ3n) is 3.64. The zero-order valence-corrected chi connectivity index (χ0v) is 12.1. The minimum Gasteiger partial charge on any atom is -0.493 e. The van der Waals surface area contributed by atoms with Gasteiger partial charge in [-0.2, -0.15) is 0 Å². The van der Waals surface area contributed by atoms with Crippen molar-refractivity contribution >= 4 is 5.91 Å². The van der Waals surface area contributed by atoms with Crippen molar-refractivity contribution in [1.29, 1.82) is 0 Å². The molecule has 114 valence electrons. The molecule has 3 rings (SSSR count). The Kier molecular flexibility index (Phi) is 4.18. The second-order valence-electron chi connectivity index (χ2n) is 5.32. The lowest BCUT2D eigenvalue weighted by Gasteiger charge is -2.25. The summed E-state index contributed by atoms with van der Waals surface area (Å²) in [7, 11) is 0. The van der Waals surface area contributed by atoms with Crippen molar-refractivity contribution in [1.82, 2.24) is 14.9 Å². The van der Waals surface area contributed by atoms with Gasteiger partial charge in [-0.3, -0.25) is 9.36 Å². The van der Waals surface area contributed by atoms with Crippen molar-refractivity contribution in [2.75, 3.05) is 13.2 Å². The van der Waals surface area contributed by atoms with Crippen LogP contribution in [0.3, 0.4) is 0 Å². The lowest BCUT2D eigenvalue weighted by atomic mass is 9.97. The Morgan fingerprint density at radius 2 is 2.23 bits per heavy atom. The summed E-state index contributed by atoms with van der Waals surface area (Å²) in [5.41, 5.74) is 0.740. The largest absolute Gasteiger partial charge is 0.493 e. The average Bonchev–Trinajstić information content (AvgIpc) is 2.55. The van der Waals surface area contributed by atoms with Crippen LogP contribution in [0.5, 0.6) is 5.75 Å². The van der Waals surface area contributed by atoms with Gasteiger partial charge in [-0.1, -0.05) is 18.2 Å². The van der Waals surface area contributed by atoms with Crippen LogP contribution in [0.2, 0.25) is 0 Å². The fraction of sp³-hybridized carbons (Fsp3) is 0.312. The molecule has 6 heteroatoms.